The molecule has 1 N–H and O–H groups in total. The minimum atomic E-state index is 0.676. The van der Waals surface area contributed by atoms with Crippen LogP contribution in [0.3, 0.4) is 0 Å². The van der Waals surface area contributed by atoms with Crippen LogP contribution in [0.2, 0.25) is 0 Å². The first kappa shape index (κ1) is 17.9. The number of nitrogens with one attached hydrogen (secondary N) is 1. The first-order valence-corrected chi connectivity index (χ1v) is 8.24. The molecule has 0 aromatic carbocycles. The van der Waals surface area contributed by atoms with Gasteiger partial charge >= 0.3 is 0 Å². The maximum atomic E-state index is 5.51. The molecule has 0 bridgehead atoms. The highest BCUT2D eigenvalue weighted by Gasteiger charge is 2.17. The highest BCUT2D eigenvalue weighted by Crippen LogP contribution is 2.10. The standard InChI is InChI=1S/C16H34N2O2/c1-15(2)13-16-14-18(9-6-7-17-16)8-4-5-10-20-12-11-19-3/h15-17H,4-14H2,1-3H3. The minimum Gasteiger partial charge on any atom is -0.382 e. The van der Waals surface area contributed by atoms with E-state index in [0.29, 0.717) is 12.6 Å². The number of unbranched alkanes of at least 4 members (excludes halogenated alkanes) is 1. The van der Waals surface area contributed by atoms with Crippen LogP contribution >= 0.6 is 0 Å². The van der Waals surface area contributed by atoms with Crippen molar-refractivity contribution in [2.75, 3.05) is 53.1 Å². The van der Waals surface area contributed by atoms with E-state index in [2.05, 4.69) is 24.1 Å². The molecule has 1 saturated heterocycles. The predicted molar refractivity (Wildman–Crippen MR) is 84.2 cm³/mol. The molecule has 1 unspecified atom stereocenters. The zero-order valence-corrected chi connectivity index (χ0v) is 13.7. The molecule has 0 radical (unpaired) electrons. The van der Waals surface area contributed by atoms with Crippen LogP contribution in [0.25, 0.3) is 0 Å². The Morgan fingerprint density at radius 1 is 1.20 bits per heavy atom. The zero-order valence-electron chi connectivity index (χ0n) is 13.7. The largest absolute Gasteiger partial charge is 0.382 e. The number of nitrogens with zero attached hydrogens (tertiary/aromatic N) is 1. The van der Waals surface area contributed by atoms with Crippen LogP contribution in [0.5, 0.6) is 0 Å². The van der Waals surface area contributed by atoms with Gasteiger partial charge in [0.2, 0.25) is 0 Å². The van der Waals surface area contributed by atoms with Crippen LogP contribution in [-0.4, -0.2) is 64.1 Å². The summed E-state index contributed by atoms with van der Waals surface area (Å²) in [6, 6.07) is 0.676. The number of hydrogen-bond donors (Lipinski definition) is 1. The summed E-state index contributed by atoms with van der Waals surface area (Å²) in [5, 5.41) is 3.69. The summed E-state index contributed by atoms with van der Waals surface area (Å²) in [5.74, 6) is 0.779. The highest BCUT2D eigenvalue weighted by molar-refractivity contribution is 4.77. The van der Waals surface area contributed by atoms with Crippen molar-refractivity contribution >= 4 is 0 Å². The average molecular weight is 286 g/mol. The Morgan fingerprint density at radius 3 is 2.80 bits per heavy atom. The van der Waals surface area contributed by atoms with Gasteiger partial charge < -0.3 is 19.7 Å². The molecule has 0 aromatic heterocycles. The molecule has 0 spiro atoms. The lowest BCUT2D eigenvalue weighted by molar-refractivity contribution is 0.0676. The molecule has 1 aliphatic rings. The highest BCUT2D eigenvalue weighted by atomic mass is 16.5. The Hall–Kier alpha value is -0.160. The fraction of sp³-hybridized carbons (Fsp3) is 1.00. The van der Waals surface area contributed by atoms with Gasteiger partial charge in [-0.25, -0.2) is 0 Å². The van der Waals surface area contributed by atoms with Gasteiger partial charge in [-0.2, -0.15) is 0 Å². The predicted octanol–water partition coefficient (Wildman–Crippen LogP) is 2.14. The normalized spacial score (nSPS) is 21.3. The van der Waals surface area contributed by atoms with Gasteiger partial charge in [0.15, 0.2) is 0 Å². The van der Waals surface area contributed by atoms with E-state index in [-0.39, 0.29) is 0 Å². The summed E-state index contributed by atoms with van der Waals surface area (Å²) < 4.78 is 10.5. The topological polar surface area (TPSA) is 33.7 Å². The van der Waals surface area contributed by atoms with Gasteiger partial charge in [-0.15, -0.1) is 0 Å². The maximum Gasteiger partial charge on any atom is 0.0700 e. The lowest BCUT2D eigenvalue weighted by atomic mass is 10.0. The summed E-state index contributed by atoms with van der Waals surface area (Å²) in [4.78, 5) is 2.63. The van der Waals surface area contributed by atoms with Gasteiger partial charge in [0.1, 0.15) is 0 Å². The number of rotatable bonds is 10. The van der Waals surface area contributed by atoms with E-state index in [1.54, 1.807) is 7.11 Å². The molecule has 1 rings (SSSR count). The minimum absolute atomic E-state index is 0.676. The lowest BCUT2D eigenvalue weighted by Crippen LogP contribution is -2.38. The van der Waals surface area contributed by atoms with Crippen molar-refractivity contribution in [3.05, 3.63) is 0 Å². The van der Waals surface area contributed by atoms with E-state index in [1.807, 2.05) is 0 Å². The second kappa shape index (κ2) is 11.5. The third kappa shape index (κ3) is 8.90. The fourth-order valence-electron chi connectivity index (χ4n) is 2.79. The number of methoxy groups -OCH3 is 1. The van der Waals surface area contributed by atoms with E-state index in [0.717, 1.165) is 25.6 Å². The second-order valence-electron chi connectivity index (χ2n) is 6.25. The van der Waals surface area contributed by atoms with Gasteiger partial charge in [0, 0.05) is 26.3 Å². The summed E-state index contributed by atoms with van der Waals surface area (Å²) >= 11 is 0. The Bertz CT molecular complexity index is 225. The Kier molecular flexibility index (Phi) is 10.3. The van der Waals surface area contributed by atoms with Crippen molar-refractivity contribution in [1.82, 2.24) is 10.2 Å². The molecule has 20 heavy (non-hydrogen) atoms. The molecular weight excluding hydrogens is 252 g/mol. The summed E-state index contributed by atoms with van der Waals surface area (Å²) in [5.41, 5.74) is 0. The van der Waals surface area contributed by atoms with Crippen molar-refractivity contribution in [3.8, 4) is 0 Å². The number of hydrogen-bond acceptors (Lipinski definition) is 4. The van der Waals surface area contributed by atoms with Crippen LogP contribution in [0.15, 0.2) is 0 Å². The van der Waals surface area contributed by atoms with E-state index < -0.39 is 0 Å². The molecule has 4 heteroatoms. The SMILES string of the molecule is COCCOCCCCN1CCCNC(CC(C)C)C1. The molecule has 1 heterocycles. The van der Waals surface area contributed by atoms with Gasteiger partial charge in [-0.05, 0) is 51.2 Å². The van der Waals surface area contributed by atoms with E-state index in [9.17, 15) is 0 Å². The quantitative estimate of drug-likeness (QED) is 0.624. The smallest absolute Gasteiger partial charge is 0.0700 e. The van der Waals surface area contributed by atoms with Crippen molar-refractivity contribution in [3.63, 3.8) is 0 Å². The second-order valence-corrected chi connectivity index (χ2v) is 6.25. The molecule has 120 valence electrons. The third-order valence-electron chi connectivity index (χ3n) is 3.76. The summed E-state index contributed by atoms with van der Waals surface area (Å²) in [6.07, 6.45) is 4.96. The monoisotopic (exact) mass is 286 g/mol. The van der Waals surface area contributed by atoms with E-state index in [4.69, 9.17) is 9.47 Å². The first-order valence-electron chi connectivity index (χ1n) is 8.24. The average Bonchev–Trinajstić information content (AvgIpc) is 2.62. The third-order valence-corrected chi connectivity index (χ3v) is 3.76. The van der Waals surface area contributed by atoms with Gasteiger partial charge in [-0.1, -0.05) is 13.8 Å². The molecule has 1 atom stereocenters. The number of ether oxygens (including phenoxy) is 2. The van der Waals surface area contributed by atoms with Crippen molar-refractivity contribution < 1.29 is 9.47 Å². The first-order chi connectivity index (χ1) is 9.72. The Morgan fingerprint density at radius 2 is 2.05 bits per heavy atom. The molecule has 4 nitrogen and oxygen atoms in total. The van der Waals surface area contributed by atoms with Crippen LogP contribution in [0.1, 0.15) is 39.5 Å². The molecule has 1 fully saturated rings. The molecular formula is C16H34N2O2. The Labute approximate surface area is 125 Å². The van der Waals surface area contributed by atoms with Gasteiger partial charge in [0.05, 0.1) is 13.2 Å². The maximum absolute atomic E-state index is 5.51. The summed E-state index contributed by atoms with van der Waals surface area (Å²) in [6.45, 7) is 11.8. The van der Waals surface area contributed by atoms with E-state index >= 15 is 0 Å². The zero-order chi connectivity index (χ0) is 14.6. The fourth-order valence-corrected chi connectivity index (χ4v) is 2.79. The van der Waals surface area contributed by atoms with Gasteiger partial charge in [0.25, 0.3) is 0 Å². The molecule has 0 aliphatic carbocycles. The van der Waals surface area contributed by atoms with Crippen molar-refractivity contribution in [2.45, 2.75) is 45.6 Å². The molecule has 0 saturated carbocycles. The van der Waals surface area contributed by atoms with E-state index in [1.165, 1.54) is 45.4 Å². The van der Waals surface area contributed by atoms with Crippen LogP contribution in [0.4, 0.5) is 0 Å². The lowest BCUT2D eigenvalue weighted by Gasteiger charge is -2.25. The van der Waals surface area contributed by atoms with Crippen LogP contribution in [0, 0.1) is 5.92 Å². The molecule has 1 aliphatic heterocycles. The molecule has 0 aromatic rings. The molecule has 0 amide bonds. The van der Waals surface area contributed by atoms with Crippen LogP contribution in [-0.2, 0) is 9.47 Å². The Balaban J connectivity index is 2.08. The summed E-state index contributed by atoms with van der Waals surface area (Å²) in [7, 11) is 1.71. The van der Waals surface area contributed by atoms with Crippen molar-refractivity contribution in [2.24, 2.45) is 5.92 Å². The van der Waals surface area contributed by atoms with Crippen molar-refractivity contribution in [1.29, 1.82) is 0 Å². The van der Waals surface area contributed by atoms with Gasteiger partial charge in [-0.3, -0.25) is 0 Å². The van der Waals surface area contributed by atoms with Crippen LogP contribution < -0.4 is 5.32 Å².